The smallest absolute Gasteiger partial charge is 0.301 e. The van der Waals surface area contributed by atoms with E-state index in [0.717, 1.165) is 5.69 Å². The Morgan fingerprint density at radius 2 is 2.00 bits per heavy atom. The molecule has 0 spiro atoms. The van der Waals surface area contributed by atoms with Gasteiger partial charge in [0.2, 0.25) is 5.91 Å². The topological polar surface area (TPSA) is 42.0 Å². The molecule has 3 nitrogen and oxygen atoms in total. The SMILES string of the molecule is CC(SC(F)(F)F)C(=O)Nc1nc(C(C)(C)C)cs1. The number of thiazole rings is 1. The summed E-state index contributed by atoms with van der Waals surface area (Å²) < 4.78 is 36.4. The summed E-state index contributed by atoms with van der Waals surface area (Å²) in [6.45, 7) is 7.12. The highest BCUT2D eigenvalue weighted by Crippen LogP contribution is 2.34. The summed E-state index contributed by atoms with van der Waals surface area (Å²) in [6, 6.07) is 0. The zero-order chi connectivity index (χ0) is 14.8. The second-order valence-electron chi connectivity index (χ2n) is 4.98. The Morgan fingerprint density at radius 3 is 2.42 bits per heavy atom. The molecular formula is C11H15F3N2OS2. The number of aromatic nitrogens is 1. The Bertz CT molecular complexity index is 452. The van der Waals surface area contributed by atoms with Crippen molar-refractivity contribution in [3.8, 4) is 0 Å². The van der Waals surface area contributed by atoms with Crippen LogP contribution < -0.4 is 5.32 Å². The highest BCUT2D eigenvalue weighted by Gasteiger charge is 2.34. The Hall–Kier alpha value is -0.760. The normalized spacial score (nSPS) is 14.3. The molecule has 0 aromatic carbocycles. The van der Waals surface area contributed by atoms with Crippen molar-refractivity contribution >= 4 is 34.1 Å². The molecule has 0 fully saturated rings. The van der Waals surface area contributed by atoms with Gasteiger partial charge >= 0.3 is 5.51 Å². The van der Waals surface area contributed by atoms with Crippen LogP contribution in [-0.2, 0) is 10.2 Å². The molecule has 108 valence electrons. The lowest BCUT2D eigenvalue weighted by Gasteiger charge is -2.14. The lowest BCUT2D eigenvalue weighted by atomic mass is 9.93. The van der Waals surface area contributed by atoms with Crippen molar-refractivity contribution < 1.29 is 18.0 Å². The van der Waals surface area contributed by atoms with Crippen LogP contribution in [0.15, 0.2) is 5.38 Å². The van der Waals surface area contributed by atoms with E-state index in [0.29, 0.717) is 5.13 Å². The van der Waals surface area contributed by atoms with Gasteiger partial charge in [0.1, 0.15) is 0 Å². The van der Waals surface area contributed by atoms with Gasteiger partial charge in [-0.25, -0.2) is 4.98 Å². The summed E-state index contributed by atoms with van der Waals surface area (Å²) in [5, 5.41) is 3.31. The van der Waals surface area contributed by atoms with Crippen LogP contribution in [0.1, 0.15) is 33.4 Å². The second kappa shape index (κ2) is 5.70. The number of hydrogen-bond acceptors (Lipinski definition) is 4. The van der Waals surface area contributed by atoms with E-state index in [4.69, 9.17) is 0 Å². The molecule has 0 radical (unpaired) electrons. The fourth-order valence-corrected chi connectivity index (χ4v) is 2.64. The van der Waals surface area contributed by atoms with Crippen LogP contribution in [0.2, 0.25) is 0 Å². The number of thioether (sulfide) groups is 1. The molecule has 1 heterocycles. The van der Waals surface area contributed by atoms with Crippen LogP contribution in [0.25, 0.3) is 0 Å². The maximum absolute atomic E-state index is 12.1. The van der Waals surface area contributed by atoms with Crippen molar-refractivity contribution in [2.24, 2.45) is 0 Å². The van der Waals surface area contributed by atoms with Crippen LogP contribution in [0.4, 0.5) is 18.3 Å². The summed E-state index contributed by atoms with van der Waals surface area (Å²) in [7, 11) is 0. The van der Waals surface area contributed by atoms with Crippen molar-refractivity contribution in [2.75, 3.05) is 5.32 Å². The van der Waals surface area contributed by atoms with Gasteiger partial charge in [-0.05, 0) is 18.7 Å². The van der Waals surface area contributed by atoms with Gasteiger partial charge in [-0.3, -0.25) is 4.79 Å². The van der Waals surface area contributed by atoms with Crippen molar-refractivity contribution in [3.05, 3.63) is 11.1 Å². The first-order valence-electron chi connectivity index (χ1n) is 5.50. The Balaban J connectivity index is 2.65. The molecule has 1 aromatic rings. The molecule has 0 bridgehead atoms. The number of amides is 1. The molecule has 0 aliphatic rings. The van der Waals surface area contributed by atoms with Crippen LogP contribution in [0.3, 0.4) is 0 Å². The molecular weight excluding hydrogens is 297 g/mol. The third kappa shape index (κ3) is 5.40. The van der Waals surface area contributed by atoms with Gasteiger partial charge in [0, 0.05) is 10.8 Å². The minimum Gasteiger partial charge on any atom is -0.301 e. The van der Waals surface area contributed by atoms with Crippen molar-refractivity contribution in [3.63, 3.8) is 0 Å². The van der Waals surface area contributed by atoms with E-state index in [9.17, 15) is 18.0 Å². The molecule has 1 aromatic heterocycles. The molecule has 1 amide bonds. The summed E-state index contributed by atoms with van der Waals surface area (Å²) in [6.07, 6.45) is 0. The summed E-state index contributed by atoms with van der Waals surface area (Å²) >= 11 is 0.868. The van der Waals surface area contributed by atoms with Gasteiger partial charge in [0.05, 0.1) is 10.9 Å². The lowest BCUT2D eigenvalue weighted by Crippen LogP contribution is -2.25. The van der Waals surface area contributed by atoms with Crippen LogP contribution in [-0.4, -0.2) is 21.6 Å². The zero-order valence-electron chi connectivity index (χ0n) is 11.0. The molecule has 0 aliphatic carbocycles. The maximum Gasteiger partial charge on any atom is 0.442 e. The minimum atomic E-state index is -4.42. The Morgan fingerprint density at radius 1 is 1.42 bits per heavy atom. The fourth-order valence-electron chi connectivity index (χ4n) is 1.14. The Labute approximate surface area is 118 Å². The first kappa shape index (κ1) is 16.3. The molecule has 0 saturated heterocycles. The number of nitrogens with zero attached hydrogens (tertiary/aromatic N) is 1. The number of anilines is 1. The molecule has 8 heteroatoms. The molecule has 1 N–H and O–H groups in total. The average molecular weight is 312 g/mol. The number of carbonyl (C=O) groups is 1. The molecule has 1 atom stereocenters. The molecule has 1 rings (SSSR count). The van der Waals surface area contributed by atoms with E-state index in [2.05, 4.69) is 10.3 Å². The number of alkyl halides is 3. The maximum atomic E-state index is 12.1. The van der Waals surface area contributed by atoms with Crippen molar-refractivity contribution in [1.29, 1.82) is 0 Å². The van der Waals surface area contributed by atoms with E-state index in [1.807, 2.05) is 20.8 Å². The van der Waals surface area contributed by atoms with E-state index in [1.165, 1.54) is 18.3 Å². The molecule has 0 aliphatic heterocycles. The first-order valence-corrected chi connectivity index (χ1v) is 7.26. The monoisotopic (exact) mass is 312 g/mol. The summed E-state index contributed by atoms with van der Waals surface area (Å²) in [5.41, 5.74) is -3.79. The van der Waals surface area contributed by atoms with E-state index in [1.54, 1.807) is 5.38 Å². The first-order chi connectivity index (χ1) is 8.49. The average Bonchev–Trinajstić information content (AvgIpc) is 2.62. The van der Waals surface area contributed by atoms with Gasteiger partial charge in [-0.2, -0.15) is 13.2 Å². The van der Waals surface area contributed by atoms with Crippen molar-refractivity contribution in [2.45, 2.75) is 43.9 Å². The zero-order valence-corrected chi connectivity index (χ0v) is 12.6. The van der Waals surface area contributed by atoms with Gasteiger partial charge < -0.3 is 5.32 Å². The van der Waals surface area contributed by atoms with Gasteiger partial charge in [0.15, 0.2) is 5.13 Å². The summed E-state index contributed by atoms with van der Waals surface area (Å²) in [4.78, 5) is 15.8. The van der Waals surface area contributed by atoms with Crippen LogP contribution >= 0.6 is 23.1 Å². The number of halogens is 3. The highest BCUT2D eigenvalue weighted by atomic mass is 32.2. The predicted molar refractivity (Wildman–Crippen MR) is 72.6 cm³/mol. The number of nitrogens with one attached hydrogen (secondary N) is 1. The highest BCUT2D eigenvalue weighted by molar-refractivity contribution is 8.01. The van der Waals surface area contributed by atoms with Gasteiger partial charge in [-0.1, -0.05) is 20.8 Å². The van der Waals surface area contributed by atoms with Crippen LogP contribution in [0.5, 0.6) is 0 Å². The number of carbonyl (C=O) groups excluding carboxylic acids is 1. The molecule has 1 unspecified atom stereocenters. The van der Waals surface area contributed by atoms with Crippen LogP contribution in [0, 0.1) is 0 Å². The van der Waals surface area contributed by atoms with E-state index >= 15 is 0 Å². The largest absolute Gasteiger partial charge is 0.442 e. The summed E-state index contributed by atoms with van der Waals surface area (Å²) in [5.74, 6) is -0.697. The standard InChI is InChI=1S/C11H15F3N2OS2/c1-6(19-11(12,13)14)8(17)16-9-15-7(5-18-9)10(2,3)4/h5-6H,1-4H3,(H,15,16,17). The third-order valence-corrected chi connectivity index (χ3v) is 3.77. The van der Waals surface area contributed by atoms with Crippen molar-refractivity contribution in [1.82, 2.24) is 4.98 Å². The predicted octanol–water partition coefficient (Wildman–Crippen LogP) is 4.02. The molecule has 0 saturated carbocycles. The second-order valence-corrected chi connectivity index (χ2v) is 7.25. The third-order valence-electron chi connectivity index (χ3n) is 2.18. The minimum absolute atomic E-state index is 0.161. The van der Waals surface area contributed by atoms with Gasteiger partial charge in [0.25, 0.3) is 0 Å². The fraction of sp³-hybridized carbons (Fsp3) is 0.636. The number of rotatable bonds is 3. The number of hydrogen-bond donors (Lipinski definition) is 1. The van der Waals surface area contributed by atoms with Gasteiger partial charge in [-0.15, -0.1) is 11.3 Å². The lowest BCUT2D eigenvalue weighted by molar-refractivity contribution is -0.115. The Kier molecular flexibility index (Phi) is 4.89. The quantitative estimate of drug-likeness (QED) is 0.916. The molecule has 19 heavy (non-hydrogen) atoms. The van der Waals surface area contributed by atoms with E-state index < -0.39 is 16.7 Å². The van der Waals surface area contributed by atoms with E-state index in [-0.39, 0.29) is 17.2 Å².